The third-order valence-corrected chi connectivity index (χ3v) is 6.19. The first-order chi connectivity index (χ1) is 15.5. The summed E-state index contributed by atoms with van der Waals surface area (Å²) in [5.41, 5.74) is 2.44. The zero-order chi connectivity index (χ0) is 22.7. The highest BCUT2D eigenvalue weighted by atomic mass is 19.1. The van der Waals surface area contributed by atoms with Crippen LogP contribution in [0.4, 0.5) is 10.2 Å². The number of amides is 1. The molecule has 0 spiro atoms. The smallest absolute Gasteiger partial charge is 0.289 e. The summed E-state index contributed by atoms with van der Waals surface area (Å²) in [5.74, 6) is 1.93. The summed E-state index contributed by atoms with van der Waals surface area (Å²) < 4.78 is 19.7. The minimum absolute atomic E-state index is 0.0969. The molecular weight excluding hydrogens is 407 g/mol. The fourth-order valence-corrected chi connectivity index (χ4v) is 3.98. The molecule has 0 N–H and O–H groups in total. The Morgan fingerprint density at radius 3 is 2.53 bits per heavy atom. The molecule has 1 aromatic carbocycles. The fourth-order valence-electron chi connectivity index (χ4n) is 3.98. The number of benzene rings is 1. The Bertz CT molecular complexity index is 1080. The van der Waals surface area contributed by atoms with Crippen molar-refractivity contribution >= 4 is 11.7 Å². The van der Waals surface area contributed by atoms with Gasteiger partial charge in [-0.2, -0.15) is 0 Å². The highest BCUT2D eigenvalue weighted by molar-refractivity contribution is 5.91. The Morgan fingerprint density at radius 2 is 1.88 bits per heavy atom. The predicted molar refractivity (Wildman–Crippen MR) is 122 cm³/mol. The molecule has 0 bridgehead atoms. The van der Waals surface area contributed by atoms with Crippen molar-refractivity contribution in [3.63, 3.8) is 0 Å². The first-order valence-electron chi connectivity index (χ1n) is 11.2. The van der Waals surface area contributed by atoms with Crippen molar-refractivity contribution in [2.45, 2.75) is 39.5 Å². The number of furan rings is 1. The lowest BCUT2D eigenvalue weighted by Gasteiger charge is -2.36. The van der Waals surface area contributed by atoms with Crippen molar-refractivity contribution < 1.29 is 13.6 Å². The molecule has 168 valence electrons. The van der Waals surface area contributed by atoms with E-state index in [0.717, 1.165) is 29.3 Å². The summed E-state index contributed by atoms with van der Waals surface area (Å²) >= 11 is 0. The standard InChI is InChI=1S/C25H29FN4O2/c1-4-17(2)23-27-18(3)20(16-19-8-5-6-9-21(19)26)24(28-23)29-11-13-30(14-12-29)25(31)22-10-7-15-32-22/h5-10,15,17H,4,11-14,16H2,1-3H3. The first-order valence-corrected chi connectivity index (χ1v) is 11.2. The van der Waals surface area contributed by atoms with Crippen LogP contribution >= 0.6 is 0 Å². The highest BCUT2D eigenvalue weighted by Crippen LogP contribution is 2.28. The highest BCUT2D eigenvalue weighted by Gasteiger charge is 2.27. The average Bonchev–Trinajstić information content (AvgIpc) is 3.35. The maximum Gasteiger partial charge on any atom is 0.289 e. The molecule has 4 rings (SSSR count). The number of carbonyl (C=O) groups is 1. The third-order valence-electron chi connectivity index (χ3n) is 6.19. The molecule has 1 aliphatic rings. The number of halogens is 1. The number of rotatable bonds is 6. The Labute approximate surface area is 188 Å². The van der Waals surface area contributed by atoms with Crippen LogP contribution in [0, 0.1) is 12.7 Å². The van der Waals surface area contributed by atoms with Gasteiger partial charge in [-0.3, -0.25) is 4.79 Å². The van der Waals surface area contributed by atoms with E-state index in [1.807, 2.05) is 13.0 Å². The van der Waals surface area contributed by atoms with Crippen LogP contribution < -0.4 is 4.90 Å². The molecule has 7 heteroatoms. The van der Waals surface area contributed by atoms with Gasteiger partial charge in [0, 0.05) is 49.8 Å². The second-order valence-corrected chi connectivity index (χ2v) is 8.30. The first kappa shape index (κ1) is 22.0. The van der Waals surface area contributed by atoms with Crippen LogP contribution in [0.1, 0.15) is 59.4 Å². The molecule has 1 amide bonds. The van der Waals surface area contributed by atoms with Gasteiger partial charge in [-0.25, -0.2) is 14.4 Å². The maximum absolute atomic E-state index is 14.4. The number of carbonyl (C=O) groups excluding carboxylic acids is 1. The second kappa shape index (κ2) is 9.51. The topological polar surface area (TPSA) is 62.5 Å². The molecular formula is C25H29FN4O2. The third kappa shape index (κ3) is 4.52. The summed E-state index contributed by atoms with van der Waals surface area (Å²) in [5, 5.41) is 0. The summed E-state index contributed by atoms with van der Waals surface area (Å²) in [6, 6.07) is 10.2. The van der Waals surface area contributed by atoms with Crippen LogP contribution in [0.3, 0.4) is 0 Å². The molecule has 2 aromatic heterocycles. The fraction of sp³-hybridized carbons (Fsp3) is 0.400. The van der Waals surface area contributed by atoms with Crippen molar-refractivity contribution in [1.82, 2.24) is 14.9 Å². The van der Waals surface area contributed by atoms with Gasteiger partial charge >= 0.3 is 0 Å². The molecule has 1 fully saturated rings. The molecule has 32 heavy (non-hydrogen) atoms. The van der Waals surface area contributed by atoms with E-state index in [0.29, 0.717) is 43.9 Å². The van der Waals surface area contributed by atoms with Crippen LogP contribution in [0.5, 0.6) is 0 Å². The number of nitrogens with zero attached hydrogens (tertiary/aromatic N) is 4. The maximum atomic E-state index is 14.4. The molecule has 0 radical (unpaired) electrons. The van der Waals surface area contributed by atoms with E-state index < -0.39 is 0 Å². The molecule has 1 atom stereocenters. The summed E-state index contributed by atoms with van der Waals surface area (Å²) in [7, 11) is 0. The average molecular weight is 437 g/mol. The summed E-state index contributed by atoms with van der Waals surface area (Å²) in [6.45, 7) is 8.65. The van der Waals surface area contributed by atoms with Gasteiger partial charge in [0.1, 0.15) is 17.5 Å². The lowest BCUT2D eigenvalue weighted by molar-refractivity contribution is 0.0714. The van der Waals surface area contributed by atoms with E-state index in [1.54, 1.807) is 29.2 Å². The zero-order valence-corrected chi connectivity index (χ0v) is 18.8. The molecule has 3 aromatic rings. The van der Waals surface area contributed by atoms with Gasteiger partial charge in [0.05, 0.1) is 6.26 Å². The van der Waals surface area contributed by atoms with Crippen LogP contribution in [0.15, 0.2) is 47.1 Å². The summed E-state index contributed by atoms with van der Waals surface area (Å²) in [4.78, 5) is 26.3. The van der Waals surface area contributed by atoms with Crippen molar-refractivity contribution in [1.29, 1.82) is 0 Å². The van der Waals surface area contributed by atoms with Crippen molar-refractivity contribution in [3.05, 3.63) is 76.9 Å². The van der Waals surface area contributed by atoms with Crippen molar-refractivity contribution in [2.75, 3.05) is 31.1 Å². The molecule has 0 aliphatic carbocycles. The van der Waals surface area contributed by atoms with E-state index in [1.165, 1.54) is 12.3 Å². The Morgan fingerprint density at radius 1 is 1.12 bits per heavy atom. The van der Waals surface area contributed by atoms with Gasteiger partial charge in [-0.1, -0.05) is 32.0 Å². The normalized spacial score (nSPS) is 15.1. The van der Waals surface area contributed by atoms with Crippen LogP contribution in [-0.2, 0) is 6.42 Å². The Hall–Kier alpha value is -3.22. The summed E-state index contributed by atoms with van der Waals surface area (Å²) in [6.07, 6.45) is 2.88. The van der Waals surface area contributed by atoms with Crippen LogP contribution in [-0.4, -0.2) is 47.0 Å². The molecule has 1 saturated heterocycles. The lowest BCUT2D eigenvalue weighted by Crippen LogP contribution is -2.49. The molecule has 3 heterocycles. The number of piperazine rings is 1. The van der Waals surface area contributed by atoms with Gasteiger partial charge in [-0.05, 0) is 37.1 Å². The van der Waals surface area contributed by atoms with Gasteiger partial charge in [0.15, 0.2) is 5.76 Å². The number of aromatic nitrogens is 2. The molecule has 0 saturated carbocycles. The predicted octanol–water partition coefficient (Wildman–Crippen LogP) is 4.58. The molecule has 1 unspecified atom stereocenters. The van der Waals surface area contributed by atoms with Gasteiger partial charge < -0.3 is 14.2 Å². The Balaban J connectivity index is 1.62. The van der Waals surface area contributed by atoms with E-state index in [-0.39, 0.29) is 17.6 Å². The number of hydrogen-bond acceptors (Lipinski definition) is 5. The van der Waals surface area contributed by atoms with Gasteiger partial charge in [0.25, 0.3) is 5.91 Å². The quantitative estimate of drug-likeness (QED) is 0.566. The van der Waals surface area contributed by atoms with Crippen molar-refractivity contribution in [2.24, 2.45) is 0 Å². The minimum Gasteiger partial charge on any atom is -0.459 e. The number of anilines is 1. The van der Waals surface area contributed by atoms with Gasteiger partial charge in [0.2, 0.25) is 0 Å². The van der Waals surface area contributed by atoms with E-state index in [9.17, 15) is 9.18 Å². The van der Waals surface area contributed by atoms with E-state index >= 15 is 0 Å². The SMILES string of the molecule is CCC(C)c1nc(C)c(Cc2ccccc2F)c(N2CCN(C(=O)c3ccco3)CC2)n1. The Kier molecular flexibility index (Phi) is 6.53. The largest absolute Gasteiger partial charge is 0.459 e. The molecule has 1 aliphatic heterocycles. The number of hydrogen-bond donors (Lipinski definition) is 0. The van der Waals surface area contributed by atoms with E-state index in [2.05, 4.69) is 18.7 Å². The molecule has 6 nitrogen and oxygen atoms in total. The van der Waals surface area contributed by atoms with Crippen molar-refractivity contribution in [3.8, 4) is 0 Å². The van der Waals surface area contributed by atoms with Crippen LogP contribution in [0.2, 0.25) is 0 Å². The lowest BCUT2D eigenvalue weighted by atomic mass is 10.0. The van der Waals surface area contributed by atoms with Gasteiger partial charge in [-0.15, -0.1) is 0 Å². The van der Waals surface area contributed by atoms with Crippen LogP contribution in [0.25, 0.3) is 0 Å². The van der Waals surface area contributed by atoms with E-state index in [4.69, 9.17) is 14.4 Å². The minimum atomic E-state index is -0.224. The monoisotopic (exact) mass is 436 g/mol. The number of aryl methyl sites for hydroxylation is 1. The second-order valence-electron chi connectivity index (χ2n) is 8.30. The zero-order valence-electron chi connectivity index (χ0n) is 18.8.